The standard InChI is InChI=1S/C22H31N5O3/c1-4-7-20(28)25-11-9-16-15(13-25)22(30)27-19(23-16)12-17(24-27)18-8-5-6-10-26(18)21(29)14(2)3/h12,14,18,24H,4-11,13H2,1-3H3. The van der Waals surface area contributed by atoms with Crippen molar-refractivity contribution in [2.75, 3.05) is 13.1 Å². The van der Waals surface area contributed by atoms with E-state index in [1.807, 2.05) is 31.7 Å². The highest BCUT2D eigenvalue weighted by Gasteiger charge is 2.31. The molecule has 0 saturated carbocycles. The summed E-state index contributed by atoms with van der Waals surface area (Å²) in [5.41, 5.74) is 2.67. The number of hydrogen-bond donors (Lipinski definition) is 1. The maximum absolute atomic E-state index is 13.2. The first kappa shape index (κ1) is 20.6. The molecule has 0 bridgehead atoms. The van der Waals surface area contributed by atoms with E-state index in [-0.39, 0.29) is 29.3 Å². The summed E-state index contributed by atoms with van der Waals surface area (Å²) in [6.07, 6.45) is 4.82. The molecule has 4 rings (SSSR count). The van der Waals surface area contributed by atoms with Crippen molar-refractivity contribution in [3.05, 3.63) is 33.4 Å². The molecule has 1 N–H and O–H groups in total. The van der Waals surface area contributed by atoms with Crippen LogP contribution in [0, 0.1) is 5.92 Å². The SMILES string of the molecule is CCCC(=O)N1CCc2nc3cc(C4CCCCN4C(=O)C(C)C)[nH]n3c(=O)c2C1. The highest BCUT2D eigenvalue weighted by atomic mass is 16.2. The summed E-state index contributed by atoms with van der Waals surface area (Å²) in [4.78, 5) is 46.6. The largest absolute Gasteiger partial charge is 0.338 e. The molecule has 0 aromatic carbocycles. The lowest BCUT2D eigenvalue weighted by molar-refractivity contribution is -0.138. The summed E-state index contributed by atoms with van der Waals surface area (Å²) < 4.78 is 1.48. The van der Waals surface area contributed by atoms with Crippen LogP contribution in [0.25, 0.3) is 5.65 Å². The fraction of sp³-hybridized carbons (Fsp3) is 0.636. The van der Waals surface area contributed by atoms with Gasteiger partial charge in [-0.2, -0.15) is 0 Å². The minimum absolute atomic E-state index is 0.0604. The van der Waals surface area contributed by atoms with Crippen LogP contribution in [-0.4, -0.2) is 49.3 Å². The average molecular weight is 414 g/mol. The summed E-state index contributed by atoms with van der Waals surface area (Å²) in [6.45, 7) is 7.48. The van der Waals surface area contributed by atoms with Crippen LogP contribution in [0.3, 0.4) is 0 Å². The van der Waals surface area contributed by atoms with Crippen molar-refractivity contribution in [3.63, 3.8) is 0 Å². The van der Waals surface area contributed by atoms with E-state index in [1.165, 1.54) is 4.52 Å². The molecule has 2 amide bonds. The smallest absolute Gasteiger partial charge is 0.277 e. The van der Waals surface area contributed by atoms with Gasteiger partial charge in [-0.3, -0.25) is 19.5 Å². The minimum atomic E-state index is -0.146. The molecule has 1 atom stereocenters. The van der Waals surface area contributed by atoms with Crippen LogP contribution >= 0.6 is 0 Å². The Morgan fingerprint density at radius 1 is 1.27 bits per heavy atom. The monoisotopic (exact) mass is 413 g/mol. The molecule has 8 nitrogen and oxygen atoms in total. The maximum Gasteiger partial charge on any atom is 0.277 e. The molecule has 0 radical (unpaired) electrons. The molecular formula is C22H31N5O3. The lowest BCUT2D eigenvalue weighted by Gasteiger charge is -2.36. The number of H-pyrrole nitrogens is 1. The van der Waals surface area contributed by atoms with E-state index in [1.54, 1.807) is 4.90 Å². The molecular weight excluding hydrogens is 382 g/mol. The minimum Gasteiger partial charge on any atom is -0.338 e. The fourth-order valence-corrected chi connectivity index (χ4v) is 4.61. The first-order valence-corrected chi connectivity index (χ1v) is 11.1. The number of hydrogen-bond acceptors (Lipinski definition) is 4. The molecule has 30 heavy (non-hydrogen) atoms. The topological polar surface area (TPSA) is 90.8 Å². The first-order valence-electron chi connectivity index (χ1n) is 11.1. The quantitative estimate of drug-likeness (QED) is 0.833. The normalized spacial score (nSPS) is 19.4. The van der Waals surface area contributed by atoms with E-state index >= 15 is 0 Å². The molecule has 1 saturated heterocycles. The number of nitrogens with zero attached hydrogens (tertiary/aromatic N) is 4. The predicted octanol–water partition coefficient (Wildman–Crippen LogP) is 2.42. The number of carbonyl (C=O) groups is 2. The van der Waals surface area contributed by atoms with Crippen molar-refractivity contribution in [1.29, 1.82) is 0 Å². The molecule has 2 aromatic rings. The van der Waals surface area contributed by atoms with Crippen LogP contribution < -0.4 is 5.56 Å². The van der Waals surface area contributed by atoms with Gasteiger partial charge in [0.2, 0.25) is 11.8 Å². The van der Waals surface area contributed by atoms with Crippen LogP contribution in [0.5, 0.6) is 0 Å². The van der Waals surface area contributed by atoms with Crippen LogP contribution in [0.1, 0.15) is 75.9 Å². The molecule has 2 aliphatic heterocycles. The number of piperidine rings is 1. The Hall–Kier alpha value is -2.64. The number of aromatic amines is 1. The summed E-state index contributed by atoms with van der Waals surface area (Å²) in [7, 11) is 0. The number of amides is 2. The third-order valence-corrected chi connectivity index (χ3v) is 6.24. The molecule has 1 unspecified atom stereocenters. The first-order chi connectivity index (χ1) is 14.4. The Morgan fingerprint density at radius 3 is 2.80 bits per heavy atom. The van der Waals surface area contributed by atoms with Gasteiger partial charge in [-0.25, -0.2) is 9.50 Å². The van der Waals surface area contributed by atoms with E-state index in [4.69, 9.17) is 4.98 Å². The lowest BCUT2D eigenvalue weighted by Crippen LogP contribution is -2.41. The Balaban J connectivity index is 1.69. The van der Waals surface area contributed by atoms with E-state index in [2.05, 4.69) is 5.10 Å². The molecule has 0 spiro atoms. The van der Waals surface area contributed by atoms with Crippen molar-refractivity contribution in [1.82, 2.24) is 24.4 Å². The van der Waals surface area contributed by atoms with Gasteiger partial charge in [0.05, 0.1) is 29.5 Å². The van der Waals surface area contributed by atoms with E-state index < -0.39 is 0 Å². The lowest BCUT2D eigenvalue weighted by atomic mass is 9.97. The molecule has 162 valence electrons. The van der Waals surface area contributed by atoms with Gasteiger partial charge in [0.15, 0.2) is 5.65 Å². The molecule has 2 aromatic heterocycles. The number of likely N-dealkylation sites (tertiary alicyclic amines) is 1. The zero-order chi connectivity index (χ0) is 21.4. The molecule has 8 heteroatoms. The van der Waals surface area contributed by atoms with Gasteiger partial charge < -0.3 is 9.80 Å². The number of carbonyl (C=O) groups excluding carboxylic acids is 2. The van der Waals surface area contributed by atoms with Crippen molar-refractivity contribution in [3.8, 4) is 0 Å². The molecule has 0 aliphatic carbocycles. The maximum atomic E-state index is 13.2. The average Bonchev–Trinajstić information content (AvgIpc) is 3.17. The van der Waals surface area contributed by atoms with E-state index in [9.17, 15) is 14.4 Å². The van der Waals surface area contributed by atoms with Crippen molar-refractivity contribution < 1.29 is 9.59 Å². The second-order valence-electron chi connectivity index (χ2n) is 8.76. The number of nitrogens with one attached hydrogen (secondary N) is 1. The zero-order valence-electron chi connectivity index (χ0n) is 18.1. The van der Waals surface area contributed by atoms with Gasteiger partial charge in [-0.1, -0.05) is 20.8 Å². The van der Waals surface area contributed by atoms with Crippen LogP contribution in [-0.2, 0) is 22.6 Å². The second kappa shape index (κ2) is 8.24. The zero-order valence-corrected chi connectivity index (χ0v) is 18.1. The van der Waals surface area contributed by atoms with Crippen LogP contribution in [0.15, 0.2) is 10.9 Å². The van der Waals surface area contributed by atoms with E-state index in [0.29, 0.717) is 37.1 Å². The Labute approximate surface area is 176 Å². The number of aromatic nitrogens is 3. The molecule has 1 fully saturated rings. The van der Waals surface area contributed by atoms with Crippen molar-refractivity contribution >= 4 is 17.5 Å². The van der Waals surface area contributed by atoms with Gasteiger partial charge in [0, 0.05) is 37.9 Å². The number of fused-ring (bicyclic) bond motifs is 2. The van der Waals surface area contributed by atoms with Gasteiger partial charge in [0.1, 0.15) is 0 Å². The van der Waals surface area contributed by atoms with Gasteiger partial charge >= 0.3 is 0 Å². The second-order valence-corrected chi connectivity index (χ2v) is 8.76. The Bertz CT molecular complexity index is 1020. The third-order valence-electron chi connectivity index (χ3n) is 6.24. The van der Waals surface area contributed by atoms with Gasteiger partial charge in [-0.15, -0.1) is 0 Å². The number of rotatable bonds is 4. The van der Waals surface area contributed by atoms with Crippen molar-refractivity contribution in [2.45, 2.75) is 71.9 Å². The summed E-state index contributed by atoms with van der Waals surface area (Å²) in [5.74, 6) is 0.169. The Kier molecular flexibility index (Phi) is 5.66. The van der Waals surface area contributed by atoms with E-state index in [0.717, 1.165) is 43.6 Å². The highest BCUT2D eigenvalue weighted by Crippen LogP contribution is 2.31. The van der Waals surface area contributed by atoms with Gasteiger partial charge in [0.25, 0.3) is 5.56 Å². The van der Waals surface area contributed by atoms with Gasteiger partial charge in [-0.05, 0) is 25.7 Å². The summed E-state index contributed by atoms with van der Waals surface area (Å²) >= 11 is 0. The predicted molar refractivity (Wildman–Crippen MR) is 113 cm³/mol. The molecule has 2 aliphatic rings. The Morgan fingerprint density at radius 2 is 2.07 bits per heavy atom. The van der Waals surface area contributed by atoms with Crippen LogP contribution in [0.2, 0.25) is 0 Å². The van der Waals surface area contributed by atoms with Crippen LogP contribution in [0.4, 0.5) is 0 Å². The third kappa shape index (κ3) is 3.63. The fourth-order valence-electron chi connectivity index (χ4n) is 4.61. The summed E-state index contributed by atoms with van der Waals surface area (Å²) in [5, 5.41) is 3.22. The highest BCUT2D eigenvalue weighted by molar-refractivity contribution is 5.78. The molecule has 4 heterocycles. The van der Waals surface area contributed by atoms with Crippen molar-refractivity contribution in [2.24, 2.45) is 5.92 Å². The summed E-state index contributed by atoms with van der Waals surface area (Å²) in [6, 6.07) is 1.85.